The van der Waals surface area contributed by atoms with Crippen molar-refractivity contribution in [2.24, 2.45) is 0 Å². The molecule has 0 radical (unpaired) electrons. The normalized spacial score (nSPS) is 19.3. The molecule has 1 aromatic rings. The van der Waals surface area contributed by atoms with Crippen LogP contribution < -0.4 is 11.1 Å². The van der Waals surface area contributed by atoms with Crippen molar-refractivity contribution in [3.05, 3.63) is 23.2 Å². The van der Waals surface area contributed by atoms with Crippen LogP contribution in [0.25, 0.3) is 0 Å². The van der Waals surface area contributed by atoms with E-state index in [2.05, 4.69) is 5.32 Å². The average Bonchev–Trinajstić information content (AvgIpc) is 2.66. The molecule has 3 N–H and O–H groups in total. The zero-order valence-electron chi connectivity index (χ0n) is 8.40. The molecule has 1 aliphatic rings. The van der Waals surface area contributed by atoms with Gasteiger partial charge < -0.3 is 15.8 Å². The van der Waals surface area contributed by atoms with Crippen LogP contribution in [0, 0.1) is 0 Å². The van der Waals surface area contributed by atoms with E-state index in [4.69, 9.17) is 22.1 Å². The van der Waals surface area contributed by atoms with Crippen LogP contribution in [-0.2, 0) is 4.74 Å². The molecule has 1 amide bonds. The van der Waals surface area contributed by atoms with Gasteiger partial charge in [0, 0.05) is 16.3 Å². The smallest absolute Gasteiger partial charge is 0.407 e. The first kappa shape index (κ1) is 11.4. The third-order valence-electron chi connectivity index (χ3n) is 2.13. The van der Waals surface area contributed by atoms with Gasteiger partial charge in [-0.1, -0.05) is 11.6 Å². The molecule has 1 atom stereocenters. The van der Waals surface area contributed by atoms with Gasteiger partial charge in [0.1, 0.15) is 6.10 Å². The SMILES string of the molecule is Nc1ccc(Cl)c(SCC2CNC(=O)O2)c1. The molecule has 0 aliphatic carbocycles. The molecule has 1 saturated heterocycles. The van der Waals surface area contributed by atoms with Gasteiger partial charge in [-0.15, -0.1) is 11.8 Å². The van der Waals surface area contributed by atoms with Crippen LogP contribution in [0.5, 0.6) is 0 Å². The fourth-order valence-corrected chi connectivity index (χ4v) is 2.60. The highest BCUT2D eigenvalue weighted by Crippen LogP contribution is 2.30. The molecule has 2 rings (SSSR count). The van der Waals surface area contributed by atoms with Crippen molar-refractivity contribution in [1.82, 2.24) is 5.32 Å². The Morgan fingerprint density at radius 2 is 2.44 bits per heavy atom. The number of nitrogen functional groups attached to an aromatic ring is 1. The molecule has 1 heterocycles. The molecule has 16 heavy (non-hydrogen) atoms. The minimum absolute atomic E-state index is 0.102. The first-order chi connectivity index (χ1) is 7.65. The summed E-state index contributed by atoms with van der Waals surface area (Å²) in [6, 6.07) is 5.33. The summed E-state index contributed by atoms with van der Waals surface area (Å²) in [6.45, 7) is 0.547. The lowest BCUT2D eigenvalue weighted by atomic mass is 10.3. The van der Waals surface area contributed by atoms with E-state index in [9.17, 15) is 4.79 Å². The second kappa shape index (κ2) is 4.84. The van der Waals surface area contributed by atoms with E-state index in [1.807, 2.05) is 6.07 Å². The highest BCUT2D eigenvalue weighted by atomic mass is 35.5. The molecule has 1 unspecified atom stereocenters. The number of hydrogen-bond acceptors (Lipinski definition) is 4. The molecular formula is C10H11ClN2O2S. The number of carbonyl (C=O) groups excluding carboxylic acids is 1. The van der Waals surface area contributed by atoms with Crippen LogP contribution in [0.3, 0.4) is 0 Å². The Hall–Kier alpha value is -1.07. The number of ether oxygens (including phenoxy) is 1. The summed E-state index contributed by atoms with van der Waals surface area (Å²) < 4.78 is 5.01. The topological polar surface area (TPSA) is 64.3 Å². The third-order valence-corrected chi connectivity index (χ3v) is 3.76. The van der Waals surface area contributed by atoms with Gasteiger partial charge in [0.05, 0.1) is 11.6 Å². The number of alkyl carbamates (subject to hydrolysis) is 1. The number of halogens is 1. The summed E-state index contributed by atoms with van der Waals surface area (Å²) in [7, 11) is 0. The van der Waals surface area contributed by atoms with Gasteiger partial charge in [0.25, 0.3) is 0 Å². The maximum atomic E-state index is 10.8. The van der Waals surface area contributed by atoms with Gasteiger partial charge in [-0.05, 0) is 18.2 Å². The van der Waals surface area contributed by atoms with E-state index in [1.165, 1.54) is 11.8 Å². The van der Waals surface area contributed by atoms with Gasteiger partial charge >= 0.3 is 6.09 Å². The standard InChI is InChI=1S/C10H11ClN2O2S/c11-8-2-1-6(12)3-9(8)16-5-7-4-13-10(14)15-7/h1-3,7H,4-5,12H2,(H,13,14). The summed E-state index contributed by atoms with van der Waals surface area (Å²) >= 11 is 7.54. The Labute approximate surface area is 102 Å². The molecule has 1 aromatic carbocycles. The van der Waals surface area contributed by atoms with E-state index in [1.54, 1.807) is 12.1 Å². The van der Waals surface area contributed by atoms with E-state index in [0.717, 1.165) is 4.90 Å². The average molecular weight is 259 g/mol. The predicted molar refractivity (Wildman–Crippen MR) is 64.9 cm³/mol. The summed E-state index contributed by atoms with van der Waals surface area (Å²) in [5.41, 5.74) is 6.34. The highest BCUT2D eigenvalue weighted by molar-refractivity contribution is 7.99. The van der Waals surface area contributed by atoms with Crippen molar-refractivity contribution in [2.75, 3.05) is 18.0 Å². The van der Waals surface area contributed by atoms with Crippen LogP contribution in [0.15, 0.2) is 23.1 Å². The number of anilines is 1. The number of rotatable bonds is 3. The first-order valence-corrected chi connectivity index (χ1v) is 6.14. The minimum Gasteiger partial charge on any atom is -0.443 e. The molecule has 0 bridgehead atoms. The molecule has 1 aliphatic heterocycles. The number of benzene rings is 1. The van der Waals surface area contributed by atoms with Crippen molar-refractivity contribution in [2.45, 2.75) is 11.0 Å². The van der Waals surface area contributed by atoms with Gasteiger partial charge in [-0.25, -0.2) is 4.79 Å². The Morgan fingerprint density at radius 3 is 3.12 bits per heavy atom. The van der Waals surface area contributed by atoms with Crippen molar-refractivity contribution in [3.63, 3.8) is 0 Å². The summed E-state index contributed by atoms with van der Waals surface area (Å²) in [5, 5.41) is 3.26. The van der Waals surface area contributed by atoms with E-state index >= 15 is 0 Å². The van der Waals surface area contributed by atoms with Crippen LogP contribution >= 0.6 is 23.4 Å². The molecule has 86 valence electrons. The monoisotopic (exact) mass is 258 g/mol. The maximum absolute atomic E-state index is 10.8. The number of carbonyl (C=O) groups is 1. The zero-order chi connectivity index (χ0) is 11.5. The van der Waals surface area contributed by atoms with Crippen LogP contribution in [0.4, 0.5) is 10.5 Å². The van der Waals surface area contributed by atoms with Gasteiger partial charge in [0.15, 0.2) is 0 Å². The van der Waals surface area contributed by atoms with E-state index < -0.39 is 0 Å². The minimum atomic E-state index is -0.357. The van der Waals surface area contributed by atoms with Gasteiger partial charge in [0.2, 0.25) is 0 Å². The lowest BCUT2D eigenvalue weighted by Crippen LogP contribution is -2.16. The van der Waals surface area contributed by atoms with Crippen LogP contribution in [0.2, 0.25) is 5.02 Å². The fraction of sp³-hybridized carbons (Fsp3) is 0.300. The maximum Gasteiger partial charge on any atom is 0.407 e. The van der Waals surface area contributed by atoms with Crippen molar-refractivity contribution in [3.8, 4) is 0 Å². The Balaban J connectivity index is 1.94. The molecule has 4 nitrogen and oxygen atoms in total. The first-order valence-electron chi connectivity index (χ1n) is 4.77. The molecule has 1 fully saturated rings. The van der Waals surface area contributed by atoms with E-state index in [0.29, 0.717) is 23.0 Å². The lowest BCUT2D eigenvalue weighted by molar-refractivity contribution is 0.150. The molecule has 0 saturated carbocycles. The fourth-order valence-electron chi connectivity index (χ4n) is 1.34. The Bertz CT molecular complexity index is 414. The van der Waals surface area contributed by atoms with Crippen molar-refractivity contribution in [1.29, 1.82) is 0 Å². The number of nitrogens with one attached hydrogen (secondary N) is 1. The Kier molecular flexibility index (Phi) is 3.46. The van der Waals surface area contributed by atoms with Crippen molar-refractivity contribution < 1.29 is 9.53 Å². The number of cyclic esters (lactones) is 1. The number of hydrogen-bond donors (Lipinski definition) is 2. The summed E-state index contributed by atoms with van der Waals surface area (Å²) in [6.07, 6.45) is -0.459. The third kappa shape index (κ3) is 2.74. The number of thioether (sulfide) groups is 1. The zero-order valence-corrected chi connectivity index (χ0v) is 9.98. The second-order valence-corrected chi connectivity index (χ2v) is 4.88. The quantitative estimate of drug-likeness (QED) is 0.644. The van der Waals surface area contributed by atoms with Crippen LogP contribution in [0.1, 0.15) is 0 Å². The molecule has 0 aromatic heterocycles. The highest BCUT2D eigenvalue weighted by Gasteiger charge is 2.22. The number of amides is 1. The summed E-state index contributed by atoms with van der Waals surface area (Å²) in [5.74, 6) is 0.669. The van der Waals surface area contributed by atoms with Crippen LogP contribution in [-0.4, -0.2) is 24.5 Å². The second-order valence-electron chi connectivity index (χ2n) is 3.41. The van der Waals surface area contributed by atoms with E-state index in [-0.39, 0.29) is 12.2 Å². The van der Waals surface area contributed by atoms with Gasteiger partial charge in [-0.2, -0.15) is 0 Å². The molecular weight excluding hydrogens is 248 g/mol. The lowest BCUT2D eigenvalue weighted by Gasteiger charge is -2.08. The number of nitrogens with two attached hydrogens (primary N) is 1. The predicted octanol–water partition coefficient (Wildman–Crippen LogP) is 2.12. The van der Waals surface area contributed by atoms with Crippen molar-refractivity contribution >= 4 is 35.1 Å². The summed E-state index contributed by atoms with van der Waals surface area (Å²) in [4.78, 5) is 11.7. The largest absolute Gasteiger partial charge is 0.443 e. The molecule has 0 spiro atoms. The molecule has 6 heteroatoms. The Morgan fingerprint density at radius 1 is 1.62 bits per heavy atom. The van der Waals surface area contributed by atoms with Gasteiger partial charge in [-0.3, -0.25) is 0 Å².